The smallest absolute Gasteiger partial charge is 0.238 e. The van der Waals surface area contributed by atoms with E-state index in [2.05, 4.69) is 34.5 Å². The largest absolute Gasteiger partial charge is 0.351 e. The van der Waals surface area contributed by atoms with Crippen LogP contribution in [0.15, 0.2) is 89.8 Å². The molecule has 0 aliphatic carbocycles. The molecular weight excluding hydrogens is 388 g/mol. The summed E-state index contributed by atoms with van der Waals surface area (Å²) in [5, 5.41) is 2.87. The van der Waals surface area contributed by atoms with Crippen LogP contribution in [0.1, 0.15) is 34.8 Å². The molecule has 1 heterocycles. The highest BCUT2D eigenvalue weighted by Crippen LogP contribution is 2.35. The fourth-order valence-electron chi connectivity index (χ4n) is 3.78. The Morgan fingerprint density at radius 2 is 1.43 bits per heavy atom. The lowest BCUT2D eigenvalue weighted by Gasteiger charge is -2.17. The highest BCUT2D eigenvalue weighted by Gasteiger charge is 2.21. The molecule has 4 rings (SSSR count). The monoisotopic (exact) mass is 416 g/mol. The quantitative estimate of drug-likeness (QED) is 0.497. The highest BCUT2D eigenvalue weighted by molar-refractivity contribution is 8.00. The lowest BCUT2D eigenvalue weighted by atomic mass is 10.1. The number of likely N-dealkylation sites (tertiary alicyclic amines) is 1. The summed E-state index contributed by atoms with van der Waals surface area (Å²) >= 11 is 1.59. The average Bonchev–Trinajstić information content (AvgIpc) is 3.31. The Balaban J connectivity index is 1.38. The molecule has 1 saturated heterocycles. The third-order valence-electron chi connectivity index (χ3n) is 5.43. The molecule has 0 bridgehead atoms. The fourth-order valence-corrected chi connectivity index (χ4v) is 4.85. The van der Waals surface area contributed by atoms with Gasteiger partial charge in [-0.3, -0.25) is 9.69 Å². The first-order valence-corrected chi connectivity index (χ1v) is 11.5. The van der Waals surface area contributed by atoms with Gasteiger partial charge in [0, 0.05) is 18.0 Å². The summed E-state index contributed by atoms with van der Waals surface area (Å²) in [6.07, 6.45) is 2.63. The van der Waals surface area contributed by atoms with Gasteiger partial charge in [0.25, 0.3) is 0 Å². The van der Waals surface area contributed by atoms with E-state index in [1.54, 1.807) is 11.8 Å². The molecular formula is C26H28N2OS. The van der Waals surface area contributed by atoms with Crippen molar-refractivity contribution in [2.24, 2.45) is 0 Å². The molecule has 0 radical (unpaired) electrons. The minimum absolute atomic E-state index is 0.0381. The SMILES string of the molecule is O=C(NCc1ccc(CN2CCCC2)cc1)C(Sc1ccccc1)c1ccccc1. The third kappa shape index (κ3) is 5.74. The van der Waals surface area contributed by atoms with Crippen molar-refractivity contribution in [3.05, 3.63) is 102 Å². The van der Waals surface area contributed by atoms with Gasteiger partial charge in [-0.1, -0.05) is 72.8 Å². The molecule has 1 aliphatic rings. The first-order valence-electron chi connectivity index (χ1n) is 10.6. The van der Waals surface area contributed by atoms with Crippen LogP contribution in [0.5, 0.6) is 0 Å². The summed E-state index contributed by atoms with van der Waals surface area (Å²) in [5.41, 5.74) is 3.49. The van der Waals surface area contributed by atoms with E-state index in [1.165, 1.54) is 31.5 Å². The second kappa shape index (κ2) is 10.5. The highest BCUT2D eigenvalue weighted by atomic mass is 32.2. The summed E-state index contributed by atoms with van der Waals surface area (Å²) in [6.45, 7) is 3.98. The predicted octanol–water partition coefficient (Wildman–Crippen LogP) is 5.43. The Morgan fingerprint density at radius 3 is 2.10 bits per heavy atom. The molecule has 1 aliphatic heterocycles. The van der Waals surface area contributed by atoms with Gasteiger partial charge in [-0.2, -0.15) is 0 Å². The summed E-state index contributed by atoms with van der Waals surface area (Å²) in [6, 6.07) is 28.7. The molecule has 3 aromatic carbocycles. The minimum Gasteiger partial charge on any atom is -0.351 e. The van der Waals surface area contributed by atoms with E-state index in [4.69, 9.17) is 0 Å². The van der Waals surface area contributed by atoms with E-state index in [9.17, 15) is 4.79 Å². The molecule has 1 fully saturated rings. The number of hydrogen-bond donors (Lipinski definition) is 1. The molecule has 1 atom stereocenters. The molecule has 1 amide bonds. The minimum atomic E-state index is -0.275. The van der Waals surface area contributed by atoms with E-state index >= 15 is 0 Å². The third-order valence-corrected chi connectivity index (χ3v) is 6.70. The zero-order valence-corrected chi connectivity index (χ0v) is 18.0. The second-order valence-corrected chi connectivity index (χ2v) is 8.92. The van der Waals surface area contributed by atoms with Gasteiger partial charge in [0.2, 0.25) is 5.91 Å². The van der Waals surface area contributed by atoms with E-state index in [0.717, 1.165) is 22.6 Å². The van der Waals surface area contributed by atoms with Crippen molar-refractivity contribution in [3.63, 3.8) is 0 Å². The van der Waals surface area contributed by atoms with Crippen LogP contribution < -0.4 is 5.32 Å². The fraction of sp³-hybridized carbons (Fsp3) is 0.269. The number of nitrogens with one attached hydrogen (secondary N) is 1. The number of carbonyl (C=O) groups is 1. The van der Waals surface area contributed by atoms with E-state index in [0.29, 0.717) is 6.54 Å². The number of carbonyl (C=O) groups excluding carboxylic acids is 1. The Kier molecular flexibility index (Phi) is 7.22. The Labute approximate surface area is 183 Å². The predicted molar refractivity (Wildman–Crippen MR) is 124 cm³/mol. The molecule has 154 valence electrons. The molecule has 1 unspecified atom stereocenters. The number of thioether (sulfide) groups is 1. The van der Waals surface area contributed by atoms with Crippen LogP contribution >= 0.6 is 11.8 Å². The first kappa shape index (κ1) is 20.7. The van der Waals surface area contributed by atoms with Crippen LogP contribution in [-0.4, -0.2) is 23.9 Å². The Morgan fingerprint density at radius 1 is 0.833 bits per heavy atom. The van der Waals surface area contributed by atoms with Crippen LogP contribution in [-0.2, 0) is 17.9 Å². The van der Waals surface area contributed by atoms with E-state index in [1.807, 2.05) is 60.7 Å². The number of rotatable bonds is 8. The molecule has 1 N–H and O–H groups in total. The summed E-state index contributed by atoms with van der Waals surface area (Å²) < 4.78 is 0. The number of benzene rings is 3. The normalized spacial score (nSPS) is 15.1. The van der Waals surface area contributed by atoms with Crippen molar-refractivity contribution in [2.45, 2.75) is 36.1 Å². The van der Waals surface area contributed by atoms with Crippen LogP contribution in [0.3, 0.4) is 0 Å². The molecule has 3 aromatic rings. The summed E-state index contributed by atoms with van der Waals surface area (Å²) in [5.74, 6) is 0.0381. The van der Waals surface area contributed by atoms with Gasteiger partial charge in [0.05, 0.1) is 0 Å². The zero-order chi connectivity index (χ0) is 20.6. The average molecular weight is 417 g/mol. The van der Waals surface area contributed by atoms with E-state index in [-0.39, 0.29) is 11.2 Å². The molecule has 30 heavy (non-hydrogen) atoms. The van der Waals surface area contributed by atoms with Crippen molar-refractivity contribution in [2.75, 3.05) is 13.1 Å². The van der Waals surface area contributed by atoms with Crippen molar-refractivity contribution in [3.8, 4) is 0 Å². The van der Waals surface area contributed by atoms with Crippen molar-refractivity contribution in [1.82, 2.24) is 10.2 Å². The van der Waals surface area contributed by atoms with Gasteiger partial charge in [-0.05, 0) is 54.8 Å². The summed E-state index contributed by atoms with van der Waals surface area (Å²) in [7, 11) is 0. The Hall–Kier alpha value is -2.56. The van der Waals surface area contributed by atoms with Gasteiger partial charge in [0.1, 0.15) is 5.25 Å². The van der Waals surface area contributed by atoms with Crippen molar-refractivity contribution < 1.29 is 4.79 Å². The molecule has 0 aromatic heterocycles. The van der Waals surface area contributed by atoms with Crippen LogP contribution in [0, 0.1) is 0 Å². The summed E-state index contributed by atoms with van der Waals surface area (Å²) in [4.78, 5) is 16.7. The zero-order valence-electron chi connectivity index (χ0n) is 17.2. The molecule has 4 heteroatoms. The standard InChI is InChI=1S/C26H28N2OS/c29-26(25(23-9-3-1-4-10-23)30-24-11-5-2-6-12-24)27-19-21-13-15-22(16-14-21)20-28-17-7-8-18-28/h1-6,9-16,25H,7-8,17-20H2,(H,27,29). The van der Waals surface area contributed by atoms with Gasteiger partial charge in [-0.25, -0.2) is 0 Å². The van der Waals surface area contributed by atoms with Crippen molar-refractivity contribution >= 4 is 17.7 Å². The number of nitrogens with zero attached hydrogens (tertiary/aromatic N) is 1. The van der Waals surface area contributed by atoms with Crippen LogP contribution in [0.25, 0.3) is 0 Å². The number of hydrogen-bond acceptors (Lipinski definition) is 3. The van der Waals surface area contributed by atoms with E-state index < -0.39 is 0 Å². The van der Waals surface area contributed by atoms with Gasteiger partial charge in [0.15, 0.2) is 0 Å². The lowest BCUT2D eigenvalue weighted by molar-refractivity contribution is -0.120. The number of amides is 1. The maximum absolute atomic E-state index is 13.1. The maximum atomic E-state index is 13.1. The molecule has 0 spiro atoms. The van der Waals surface area contributed by atoms with Gasteiger partial charge in [-0.15, -0.1) is 11.8 Å². The van der Waals surface area contributed by atoms with Crippen LogP contribution in [0.4, 0.5) is 0 Å². The van der Waals surface area contributed by atoms with Crippen LogP contribution in [0.2, 0.25) is 0 Å². The second-order valence-electron chi connectivity index (χ2n) is 7.74. The van der Waals surface area contributed by atoms with Gasteiger partial charge >= 0.3 is 0 Å². The molecule has 3 nitrogen and oxygen atoms in total. The maximum Gasteiger partial charge on any atom is 0.238 e. The lowest BCUT2D eigenvalue weighted by Crippen LogP contribution is -2.27. The Bertz CT molecular complexity index is 922. The molecule has 0 saturated carbocycles. The van der Waals surface area contributed by atoms with Gasteiger partial charge < -0.3 is 5.32 Å². The first-order chi connectivity index (χ1) is 14.8. The topological polar surface area (TPSA) is 32.3 Å². The van der Waals surface area contributed by atoms with Crippen molar-refractivity contribution in [1.29, 1.82) is 0 Å².